The highest BCUT2D eigenvalue weighted by Crippen LogP contribution is 2.24. The summed E-state index contributed by atoms with van der Waals surface area (Å²) in [7, 11) is 0. The third kappa shape index (κ3) is 4.20. The van der Waals surface area contributed by atoms with Crippen molar-refractivity contribution in [3.05, 3.63) is 23.9 Å². The van der Waals surface area contributed by atoms with E-state index in [0.717, 1.165) is 25.6 Å². The summed E-state index contributed by atoms with van der Waals surface area (Å²) in [6, 6.07) is 5.58. The Morgan fingerprint density at radius 1 is 1.40 bits per heavy atom. The van der Waals surface area contributed by atoms with Gasteiger partial charge in [-0.25, -0.2) is 4.98 Å². The van der Waals surface area contributed by atoms with Gasteiger partial charge in [0.15, 0.2) is 0 Å². The summed E-state index contributed by atoms with van der Waals surface area (Å²) < 4.78 is 0. The summed E-state index contributed by atoms with van der Waals surface area (Å²) in [4.78, 5) is 7.18. The number of anilines is 1. The van der Waals surface area contributed by atoms with E-state index >= 15 is 0 Å². The summed E-state index contributed by atoms with van der Waals surface area (Å²) in [5.41, 5.74) is 1.34. The van der Waals surface area contributed by atoms with Gasteiger partial charge in [0.05, 0.1) is 0 Å². The van der Waals surface area contributed by atoms with Gasteiger partial charge in [0, 0.05) is 36.9 Å². The lowest BCUT2D eigenvalue weighted by Crippen LogP contribution is -2.35. The predicted molar refractivity (Wildman–Crippen MR) is 86.1 cm³/mol. The van der Waals surface area contributed by atoms with Crippen molar-refractivity contribution in [3.8, 4) is 0 Å². The normalized spacial score (nSPS) is 16.1. The standard InChI is InChI=1S/C17H29N3/c1-4-6-12-20(14(3)5-2)17-15(8-7-11-18-17)13-19-16-9-10-16/h7-8,11,14,16,19H,4-6,9-10,12-13H2,1-3H3. The van der Waals surface area contributed by atoms with Crippen LogP contribution >= 0.6 is 0 Å². The molecule has 2 rings (SSSR count). The molecule has 3 heteroatoms. The molecule has 0 aromatic carbocycles. The van der Waals surface area contributed by atoms with Crippen LogP contribution in [0.4, 0.5) is 5.82 Å². The van der Waals surface area contributed by atoms with Crippen LogP contribution in [-0.2, 0) is 6.54 Å². The number of unbranched alkanes of at least 4 members (excludes halogenated alkanes) is 1. The van der Waals surface area contributed by atoms with Crippen LogP contribution in [0, 0.1) is 0 Å². The molecule has 20 heavy (non-hydrogen) atoms. The summed E-state index contributed by atoms with van der Waals surface area (Å²) in [6.07, 6.45) is 8.22. The second-order valence-corrected chi connectivity index (χ2v) is 5.95. The van der Waals surface area contributed by atoms with Crippen molar-refractivity contribution in [2.24, 2.45) is 0 Å². The van der Waals surface area contributed by atoms with Gasteiger partial charge < -0.3 is 10.2 Å². The van der Waals surface area contributed by atoms with Crippen LogP contribution in [0.25, 0.3) is 0 Å². The fraction of sp³-hybridized carbons (Fsp3) is 0.706. The number of rotatable bonds is 9. The SMILES string of the molecule is CCCCN(c1ncccc1CNC1CC1)C(C)CC. The maximum Gasteiger partial charge on any atom is 0.133 e. The molecule has 1 N–H and O–H groups in total. The zero-order chi connectivity index (χ0) is 14.4. The largest absolute Gasteiger partial charge is 0.354 e. The molecule has 0 aliphatic heterocycles. The Morgan fingerprint density at radius 2 is 2.20 bits per heavy atom. The van der Waals surface area contributed by atoms with Crippen LogP contribution < -0.4 is 10.2 Å². The van der Waals surface area contributed by atoms with E-state index in [1.807, 2.05) is 6.20 Å². The van der Waals surface area contributed by atoms with Crippen LogP contribution in [0.1, 0.15) is 58.4 Å². The van der Waals surface area contributed by atoms with Gasteiger partial charge in [-0.1, -0.05) is 26.3 Å². The van der Waals surface area contributed by atoms with Crippen LogP contribution in [0.5, 0.6) is 0 Å². The Hall–Kier alpha value is -1.09. The summed E-state index contributed by atoms with van der Waals surface area (Å²) in [5, 5.41) is 3.61. The number of nitrogens with zero attached hydrogens (tertiary/aromatic N) is 2. The van der Waals surface area contributed by atoms with Gasteiger partial charge in [-0.2, -0.15) is 0 Å². The molecule has 1 fully saturated rings. The Balaban J connectivity index is 2.12. The van der Waals surface area contributed by atoms with E-state index in [0.29, 0.717) is 6.04 Å². The molecule has 3 nitrogen and oxygen atoms in total. The van der Waals surface area contributed by atoms with Crippen molar-refractivity contribution in [1.82, 2.24) is 10.3 Å². The summed E-state index contributed by atoms with van der Waals surface area (Å²) in [6.45, 7) is 8.88. The molecule has 1 atom stereocenters. The van der Waals surface area contributed by atoms with Crippen molar-refractivity contribution >= 4 is 5.82 Å². The van der Waals surface area contributed by atoms with Gasteiger partial charge in [0.25, 0.3) is 0 Å². The fourth-order valence-corrected chi connectivity index (χ4v) is 2.45. The molecule has 1 unspecified atom stereocenters. The van der Waals surface area contributed by atoms with E-state index < -0.39 is 0 Å². The van der Waals surface area contributed by atoms with Gasteiger partial charge >= 0.3 is 0 Å². The quantitative estimate of drug-likeness (QED) is 0.744. The lowest BCUT2D eigenvalue weighted by Gasteiger charge is -2.31. The van der Waals surface area contributed by atoms with Crippen LogP contribution in [0.15, 0.2) is 18.3 Å². The Bertz CT molecular complexity index is 401. The first-order valence-corrected chi connectivity index (χ1v) is 8.20. The van der Waals surface area contributed by atoms with E-state index in [2.05, 4.69) is 48.1 Å². The molecule has 0 saturated heterocycles. The van der Waals surface area contributed by atoms with Crippen molar-refractivity contribution in [2.45, 2.75) is 71.5 Å². The Morgan fingerprint density at radius 3 is 2.85 bits per heavy atom. The molecule has 1 aromatic heterocycles. The smallest absolute Gasteiger partial charge is 0.133 e. The zero-order valence-corrected chi connectivity index (χ0v) is 13.2. The lowest BCUT2D eigenvalue weighted by molar-refractivity contribution is 0.583. The predicted octanol–water partition coefficient (Wildman–Crippen LogP) is 3.74. The molecule has 0 radical (unpaired) electrons. The fourth-order valence-electron chi connectivity index (χ4n) is 2.45. The third-order valence-electron chi connectivity index (χ3n) is 4.17. The lowest BCUT2D eigenvalue weighted by atomic mass is 10.1. The topological polar surface area (TPSA) is 28.2 Å². The minimum Gasteiger partial charge on any atom is -0.354 e. The number of nitrogens with one attached hydrogen (secondary N) is 1. The average Bonchev–Trinajstić information content (AvgIpc) is 3.30. The summed E-state index contributed by atoms with van der Waals surface area (Å²) >= 11 is 0. The van der Waals surface area contributed by atoms with Gasteiger partial charge in [0.2, 0.25) is 0 Å². The van der Waals surface area contributed by atoms with Crippen molar-refractivity contribution < 1.29 is 0 Å². The van der Waals surface area contributed by atoms with Gasteiger partial charge in [-0.3, -0.25) is 0 Å². The second-order valence-electron chi connectivity index (χ2n) is 5.95. The Labute approximate surface area is 123 Å². The van der Waals surface area contributed by atoms with E-state index in [1.54, 1.807) is 0 Å². The monoisotopic (exact) mass is 275 g/mol. The van der Waals surface area contributed by atoms with Crippen LogP contribution in [0.2, 0.25) is 0 Å². The van der Waals surface area contributed by atoms with Gasteiger partial charge in [0.1, 0.15) is 5.82 Å². The summed E-state index contributed by atoms with van der Waals surface area (Å²) in [5.74, 6) is 1.18. The molecule has 0 bridgehead atoms. The molecule has 112 valence electrons. The number of aromatic nitrogens is 1. The molecule has 0 spiro atoms. The zero-order valence-electron chi connectivity index (χ0n) is 13.2. The highest BCUT2D eigenvalue weighted by Gasteiger charge is 2.22. The molecule has 1 heterocycles. The van der Waals surface area contributed by atoms with Gasteiger partial charge in [-0.15, -0.1) is 0 Å². The van der Waals surface area contributed by atoms with Crippen molar-refractivity contribution in [1.29, 1.82) is 0 Å². The number of hydrogen-bond donors (Lipinski definition) is 1. The molecule has 1 saturated carbocycles. The Kier molecular flexibility index (Phi) is 5.84. The molecule has 1 aliphatic rings. The van der Waals surface area contributed by atoms with E-state index in [-0.39, 0.29) is 0 Å². The van der Waals surface area contributed by atoms with Crippen molar-refractivity contribution in [2.75, 3.05) is 11.4 Å². The van der Waals surface area contributed by atoms with Crippen LogP contribution in [0.3, 0.4) is 0 Å². The molecule has 1 aliphatic carbocycles. The molecular weight excluding hydrogens is 246 g/mol. The van der Waals surface area contributed by atoms with Crippen molar-refractivity contribution in [3.63, 3.8) is 0 Å². The second kappa shape index (κ2) is 7.63. The first-order chi connectivity index (χ1) is 9.76. The molecule has 0 amide bonds. The van der Waals surface area contributed by atoms with E-state index in [9.17, 15) is 0 Å². The molecule has 1 aromatic rings. The number of pyridine rings is 1. The highest BCUT2D eigenvalue weighted by atomic mass is 15.2. The van der Waals surface area contributed by atoms with E-state index in [1.165, 1.54) is 37.1 Å². The number of hydrogen-bond acceptors (Lipinski definition) is 3. The maximum absolute atomic E-state index is 4.69. The minimum absolute atomic E-state index is 0.552. The van der Waals surface area contributed by atoms with Gasteiger partial charge in [-0.05, 0) is 38.7 Å². The van der Waals surface area contributed by atoms with E-state index in [4.69, 9.17) is 0 Å². The first-order valence-electron chi connectivity index (χ1n) is 8.20. The maximum atomic E-state index is 4.69. The first kappa shape index (κ1) is 15.3. The average molecular weight is 275 g/mol. The minimum atomic E-state index is 0.552. The highest BCUT2D eigenvalue weighted by molar-refractivity contribution is 5.47. The third-order valence-corrected chi connectivity index (χ3v) is 4.17. The molecular formula is C17H29N3. The van der Waals surface area contributed by atoms with Crippen LogP contribution in [-0.4, -0.2) is 23.6 Å².